The molecule has 4 radical (unpaired) electrons. The lowest BCUT2D eigenvalue weighted by atomic mass is 10.2. The monoisotopic (exact) mass is 488 g/mol. The summed E-state index contributed by atoms with van der Waals surface area (Å²) in [4.78, 5) is 31.5. The number of aliphatic hydroxyl groups is 1. The Kier molecular flexibility index (Phi) is 78.0. The maximum absolute atomic E-state index is 11.1. The van der Waals surface area contributed by atoms with Crippen molar-refractivity contribution in [3.8, 4) is 0 Å². The number of nitrogens with one attached hydrogen (secondary N) is 3. The maximum Gasteiger partial charge on any atom is 0.407 e. The highest BCUT2D eigenvalue weighted by Gasteiger charge is 2.01. The Morgan fingerprint density at radius 1 is 0.971 bits per heavy atom. The van der Waals surface area contributed by atoms with E-state index in [0.29, 0.717) is 13.2 Å². The molecule has 0 aromatic rings. The van der Waals surface area contributed by atoms with Crippen molar-refractivity contribution in [1.82, 2.24) is 20.9 Å². The topological polar surface area (TPSA) is 120 Å². The highest BCUT2D eigenvalue weighted by Crippen LogP contribution is 1.90. The summed E-state index contributed by atoms with van der Waals surface area (Å²) in [6.45, 7) is 16.6. The SMILES string of the molecule is CC.CCCCNC=O.CCCOC(=O)NCCCN(C)CCCNC.CCO.[B]C.[B]C=O. The number of hydrogen-bond acceptors (Lipinski definition) is 7. The van der Waals surface area contributed by atoms with Crippen molar-refractivity contribution >= 4 is 34.4 Å². The lowest BCUT2D eigenvalue weighted by molar-refractivity contribution is -0.109. The van der Waals surface area contributed by atoms with Gasteiger partial charge in [-0.25, -0.2) is 4.79 Å². The van der Waals surface area contributed by atoms with Crippen molar-refractivity contribution in [1.29, 1.82) is 0 Å². The Morgan fingerprint density at radius 2 is 1.44 bits per heavy atom. The van der Waals surface area contributed by atoms with Crippen LogP contribution < -0.4 is 16.0 Å². The minimum atomic E-state index is -0.301. The predicted octanol–water partition coefficient (Wildman–Crippen LogP) is 2.16. The number of aliphatic hydroxyl groups excluding tert-OH is 1. The Morgan fingerprint density at radius 3 is 1.82 bits per heavy atom. The number of carbonyl (C=O) groups excluding carboxylic acids is 3. The number of carbonyl (C=O) groups is 3. The van der Waals surface area contributed by atoms with Crippen molar-refractivity contribution in [2.24, 2.45) is 0 Å². The second kappa shape index (κ2) is 57.8. The number of rotatable bonds is 14. The van der Waals surface area contributed by atoms with Gasteiger partial charge >= 0.3 is 6.09 Å². The summed E-state index contributed by atoms with van der Waals surface area (Å²) in [5.41, 5.74) is 0. The molecule has 11 heteroatoms. The summed E-state index contributed by atoms with van der Waals surface area (Å²) in [6.07, 6.45) is 5.87. The van der Waals surface area contributed by atoms with Gasteiger partial charge in [0.15, 0.2) is 7.85 Å². The molecule has 0 heterocycles. The molecule has 0 aliphatic carbocycles. The highest BCUT2D eigenvalue weighted by atomic mass is 16.5. The van der Waals surface area contributed by atoms with Crippen molar-refractivity contribution in [3.05, 3.63) is 0 Å². The fourth-order valence-corrected chi connectivity index (χ4v) is 1.76. The highest BCUT2D eigenvalue weighted by molar-refractivity contribution is 6.48. The van der Waals surface area contributed by atoms with Gasteiger partial charge in [-0.05, 0) is 66.3 Å². The molecule has 202 valence electrons. The first kappa shape index (κ1) is 45.9. The summed E-state index contributed by atoms with van der Waals surface area (Å²) in [6, 6.07) is 0. The van der Waals surface area contributed by atoms with Gasteiger partial charge in [-0.2, -0.15) is 0 Å². The Labute approximate surface area is 213 Å². The maximum atomic E-state index is 11.1. The van der Waals surface area contributed by atoms with Crippen molar-refractivity contribution < 1.29 is 24.2 Å². The quantitative estimate of drug-likeness (QED) is 0.168. The molecule has 0 aromatic carbocycles. The molecular formula is C23H54B2N4O5. The Hall–Kier alpha value is -1.58. The van der Waals surface area contributed by atoms with E-state index < -0.39 is 0 Å². The van der Waals surface area contributed by atoms with Gasteiger partial charge in [-0.15, -0.1) is 0 Å². The zero-order chi connectivity index (χ0) is 27.9. The molecule has 0 spiro atoms. The number of unbranched alkanes of at least 4 members (excludes halogenated alkanes) is 1. The van der Waals surface area contributed by atoms with E-state index in [-0.39, 0.29) is 18.9 Å². The van der Waals surface area contributed by atoms with E-state index in [4.69, 9.17) is 14.6 Å². The number of alkyl carbamates (subject to hydrolysis) is 1. The van der Waals surface area contributed by atoms with Crippen LogP contribution in [0.4, 0.5) is 4.79 Å². The lowest BCUT2D eigenvalue weighted by Gasteiger charge is -2.16. The first-order valence-corrected chi connectivity index (χ1v) is 12.2. The molecule has 0 unspecified atom stereocenters. The van der Waals surface area contributed by atoms with Crippen LogP contribution in [0.25, 0.3) is 0 Å². The van der Waals surface area contributed by atoms with Crippen LogP contribution in [-0.4, -0.2) is 104 Å². The normalized spacial score (nSPS) is 8.18. The molecule has 9 nitrogen and oxygen atoms in total. The molecule has 0 saturated heterocycles. The van der Waals surface area contributed by atoms with Crippen LogP contribution in [0, 0.1) is 0 Å². The third-order valence-corrected chi connectivity index (χ3v) is 3.15. The van der Waals surface area contributed by atoms with Crippen LogP contribution in [0.5, 0.6) is 0 Å². The van der Waals surface area contributed by atoms with Gasteiger partial charge in [-0.1, -0.05) is 40.9 Å². The molecule has 0 aliphatic rings. The minimum Gasteiger partial charge on any atom is -0.450 e. The molecule has 0 bridgehead atoms. The third-order valence-electron chi connectivity index (χ3n) is 3.15. The summed E-state index contributed by atoms with van der Waals surface area (Å²) in [5, 5.41) is 16.0. The first-order valence-electron chi connectivity index (χ1n) is 12.2. The minimum absolute atomic E-state index is 0.250. The van der Waals surface area contributed by atoms with Crippen molar-refractivity contribution in [2.45, 2.75) is 73.5 Å². The van der Waals surface area contributed by atoms with Crippen molar-refractivity contribution in [2.75, 3.05) is 60.0 Å². The average Bonchev–Trinajstić information content (AvgIpc) is 2.85. The Bertz CT molecular complexity index is 346. The van der Waals surface area contributed by atoms with Gasteiger partial charge in [-0.3, -0.25) is 4.79 Å². The molecule has 0 aliphatic heterocycles. The van der Waals surface area contributed by atoms with Crippen LogP contribution >= 0.6 is 0 Å². The van der Waals surface area contributed by atoms with E-state index in [9.17, 15) is 9.59 Å². The second-order valence-electron chi connectivity index (χ2n) is 6.05. The van der Waals surface area contributed by atoms with Crippen LogP contribution in [0.3, 0.4) is 0 Å². The van der Waals surface area contributed by atoms with Crippen LogP contribution in [0.15, 0.2) is 0 Å². The van der Waals surface area contributed by atoms with E-state index >= 15 is 0 Å². The molecule has 2 amide bonds. The number of nitrogens with zero attached hydrogens (tertiary/aromatic N) is 1. The number of hydrogen-bond donors (Lipinski definition) is 4. The van der Waals surface area contributed by atoms with E-state index in [1.54, 1.807) is 6.92 Å². The summed E-state index contributed by atoms with van der Waals surface area (Å²) in [7, 11) is 12.7. The van der Waals surface area contributed by atoms with Gasteiger partial charge < -0.3 is 35.5 Å². The largest absolute Gasteiger partial charge is 0.450 e. The molecule has 34 heavy (non-hydrogen) atoms. The summed E-state index contributed by atoms with van der Waals surface area (Å²) >= 11 is 0. The zero-order valence-corrected chi connectivity index (χ0v) is 23.3. The molecular weight excluding hydrogens is 434 g/mol. The van der Waals surface area contributed by atoms with Crippen LogP contribution in [0.2, 0.25) is 6.82 Å². The third kappa shape index (κ3) is 77.6. The molecule has 4 N–H and O–H groups in total. The molecule has 0 aromatic heterocycles. The lowest BCUT2D eigenvalue weighted by Crippen LogP contribution is -2.29. The summed E-state index contributed by atoms with van der Waals surface area (Å²) in [5.74, 6) is 0. The first-order chi connectivity index (χ1) is 16.4. The number of amides is 2. The number of ether oxygens (including phenoxy) is 1. The van der Waals surface area contributed by atoms with Gasteiger partial charge in [0.25, 0.3) is 0 Å². The molecule has 0 fully saturated rings. The molecule has 0 atom stereocenters. The van der Waals surface area contributed by atoms with Crippen molar-refractivity contribution in [3.63, 3.8) is 0 Å². The molecule has 0 rings (SSSR count). The van der Waals surface area contributed by atoms with E-state index in [1.807, 2.05) is 27.8 Å². The van der Waals surface area contributed by atoms with Gasteiger partial charge in [0.1, 0.15) is 0 Å². The zero-order valence-electron chi connectivity index (χ0n) is 23.3. The van der Waals surface area contributed by atoms with Gasteiger partial charge in [0, 0.05) is 19.7 Å². The predicted molar refractivity (Wildman–Crippen MR) is 148 cm³/mol. The fraction of sp³-hybridized carbons (Fsp3) is 0.870. The second-order valence-corrected chi connectivity index (χ2v) is 6.05. The average molecular weight is 488 g/mol. The smallest absolute Gasteiger partial charge is 0.407 e. The van der Waals surface area contributed by atoms with Crippen LogP contribution in [0.1, 0.15) is 66.7 Å². The van der Waals surface area contributed by atoms with E-state index in [2.05, 4.69) is 50.5 Å². The van der Waals surface area contributed by atoms with Gasteiger partial charge in [0.2, 0.25) is 6.41 Å². The summed E-state index contributed by atoms with van der Waals surface area (Å²) < 4.78 is 4.91. The van der Waals surface area contributed by atoms with E-state index in [0.717, 1.165) is 64.7 Å². The van der Waals surface area contributed by atoms with Gasteiger partial charge in [0.05, 0.1) is 20.6 Å². The van der Waals surface area contributed by atoms with Crippen LogP contribution in [-0.2, 0) is 14.3 Å². The fourth-order valence-electron chi connectivity index (χ4n) is 1.76. The molecule has 0 saturated carbocycles. The standard InChI is InChI=1S/C12H27N3O2.C5H11NO.C2H6O.C2H6.CHBO.CH3B/c1-4-11-17-12(16)14-8-6-10-15(3)9-5-7-13-2;1-2-3-4-6-5-7;1-2-3;1-2;2-1-3;1-2/h13H,4-11H2,1-3H3,(H,14,16);5H,2-4H2,1H3,(H,6,7);3H,2H2,1H3;1-2H3;1H;1H3. The Balaban J connectivity index is -0.0000000948. The van der Waals surface area contributed by atoms with E-state index in [1.165, 1.54) is 6.82 Å².